The van der Waals surface area contributed by atoms with Crippen molar-refractivity contribution >= 4 is 35.2 Å². The standard InChI is InChI=1S/C30H35ClN2O3S/c1-30(2,3)32-29(35)27(18-22-10-6-5-7-11-22)33(19-23-12-9-15-26(17-23)36-4)28(34)21-37-20-24-13-8-14-25(31)16-24/h5-17,27H,18-21H2,1-4H3,(H,32,35). The highest BCUT2D eigenvalue weighted by Gasteiger charge is 2.32. The number of ether oxygens (including phenoxy) is 1. The predicted octanol–water partition coefficient (Wildman–Crippen LogP) is 6.14. The number of hydrogen-bond acceptors (Lipinski definition) is 4. The molecule has 3 aromatic rings. The quantitative estimate of drug-likeness (QED) is 0.319. The van der Waals surface area contributed by atoms with Crippen molar-refractivity contribution in [1.82, 2.24) is 10.2 Å². The molecule has 0 spiro atoms. The second kappa shape index (κ2) is 13.5. The van der Waals surface area contributed by atoms with Gasteiger partial charge < -0.3 is 15.0 Å². The minimum atomic E-state index is -0.674. The highest BCUT2D eigenvalue weighted by Crippen LogP contribution is 2.22. The first-order valence-electron chi connectivity index (χ1n) is 12.2. The molecule has 7 heteroatoms. The van der Waals surface area contributed by atoms with Gasteiger partial charge in [0, 0.05) is 29.3 Å². The van der Waals surface area contributed by atoms with Crippen LogP contribution in [0.3, 0.4) is 0 Å². The Balaban J connectivity index is 1.89. The van der Waals surface area contributed by atoms with Gasteiger partial charge in [0.2, 0.25) is 11.8 Å². The number of hydrogen-bond donors (Lipinski definition) is 1. The highest BCUT2D eigenvalue weighted by atomic mass is 35.5. The van der Waals surface area contributed by atoms with Crippen molar-refractivity contribution in [2.45, 2.75) is 51.1 Å². The Morgan fingerprint density at radius 1 is 0.946 bits per heavy atom. The molecule has 0 bridgehead atoms. The molecule has 196 valence electrons. The maximum Gasteiger partial charge on any atom is 0.243 e. The van der Waals surface area contributed by atoms with Crippen LogP contribution in [0, 0.1) is 0 Å². The van der Waals surface area contributed by atoms with E-state index in [4.69, 9.17) is 16.3 Å². The fourth-order valence-electron chi connectivity index (χ4n) is 3.94. The average Bonchev–Trinajstić information content (AvgIpc) is 2.86. The van der Waals surface area contributed by atoms with Gasteiger partial charge in [0.1, 0.15) is 11.8 Å². The molecule has 0 aliphatic heterocycles. The van der Waals surface area contributed by atoms with E-state index >= 15 is 0 Å². The monoisotopic (exact) mass is 538 g/mol. The molecule has 0 saturated heterocycles. The van der Waals surface area contributed by atoms with E-state index < -0.39 is 11.6 Å². The number of carbonyl (C=O) groups is 2. The Kier molecular flexibility index (Phi) is 10.5. The Bertz CT molecular complexity index is 1180. The Labute approximate surface area is 229 Å². The summed E-state index contributed by atoms with van der Waals surface area (Å²) < 4.78 is 5.39. The summed E-state index contributed by atoms with van der Waals surface area (Å²) in [4.78, 5) is 29.0. The third kappa shape index (κ3) is 9.45. The minimum absolute atomic E-state index is 0.0974. The molecule has 1 atom stereocenters. The summed E-state index contributed by atoms with van der Waals surface area (Å²) in [7, 11) is 1.61. The molecule has 1 N–H and O–H groups in total. The van der Waals surface area contributed by atoms with Gasteiger partial charge in [-0.15, -0.1) is 11.8 Å². The lowest BCUT2D eigenvalue weighted by atomic mass is 10.0. The molecular weight excluding hydrogens is 504 g/mol. The van der Waals surface area contributed by atoms with Gasteiger partial charge >= 0.3 is 0 Å². The molecule has 2 amide bonds. The van der Waals surface area contributed by atoms with Crippen LogP contribution in [0.5, 0.6) is 5.75 Å². The van der Waals surface area contributed by atoms with Crippen LogP contribution in [0.1, 0.15) is 37.5 Å². The minimum Gasteiger partial charge on any atom is -0.497 e. The third-order valence-corrected chi connectivity index (χ3v) is 6.86. The van der Waals surface area contributed by atoms with Gasteiger partial charge in [0.15, 0.2) is 0 Å². The Morgan fingerprint density at radius 3 is 2.30 bits per heavy atom. The first-order valence-corrected chi connectivity index (χ1v) is 13.8. The smallest absolute Gasteiger partial charge is 0.243 e. The van der Waals surface area contributed by atoms with Crippen LogP contribution in [0.4, 0.5) is 0 Å². The largest absolute Gasteiger partial charge is 0.497 e. The molecule has 0 aromatic heterocycles. The number of benzene rings is 3. The molecule has 0 radical (unpaired) electrons. The normalized spacial score (nSPS) is 12.0. The molecule has 3 aromatic carbocycles. The van der Waals surface area contributed by atoms with E-state index in [1.165, 1.54) is 11.8 Å². The second-order valence-electron chi connectivity index (χ2n) is 9.94. The number of halogens is 1. The van der Waals surface area contributed by atoms with Crippen LogP contribution in [0.2, 0.25) is 5.02 Å². The van der Waals surface area contributed by atoms with Crippen LogP contribution in [0.15, 0.2) is 78.9 Å². The van der Waals surface area contributed by atoms with E-state index in [-0.39, 0.29) is 17.6 Å². The Morgan fingerprint density at radius 2 is 1.62 bits per heavy atom. The number of nitrogens with one attached hydrogen (secondary N) is 1. The van der Waals surface area contributed by atoms with Gasteiger partial charge in [-0.05, 0) is 61.7 Å². The summed E-state index contributed by atoms with van der Waals surface area (Å²) >= 11 is 7.63. The zero-order valence-electron chi connectivity index (χ0n) is 21.9. The first kappa shape index (κ1) is 28.6. The highest BCUT2D eigenvalue weighted by molar-refractivity contribution is 7.99. The van der Waals surface area contributed by atoms with Crippen molar-refractivity contribution in [2.75, 3.05) is 12.9 Å². The summed E-state index contributed by atoms with van der Waals surface area (Å²) in [5, 5.41) is 3.76. The number of rotatable bonds is 11. The second-order valence-corrected chi connectivity index (χ2v) is 11.4. The van der Waals surface area contributed by atoms with Crippen molar-refractivity contribution in [1.29, 1.82) is 0 Å². The van der Waals surface area contributed by atoms with Gasteiger partial charge in [0.05, 0.1) is 12.9 Å². The zero-order valence-corrected chi connectivity index (χ0v) is 23.4. The van der Waals surface area contributed by atoms with Gasteiger partial charge in [-0.2, -0.15) is 0 Å². The number of methoxy groups -OCH3 is 1. The first-order chi connectivity index (χ1) is 17.6. The summed E-state index contributed by atoms with van der Waals surface area (Å²) in [5.41, 5.74) is 2.51. The lowest BCUT2D eigenvalue weighted by Crippen LogP contribution is -2.54. The molecule has 0 fully saturated rings. The van der Waals surface area contributed by atoms with Crippen LogP contribution in [0.25, 0.3) is 0 Å². The fraction of sp³-hybridized carbons (Fsp3) is 0.333. The van der Waals surface area contributed by atoms with Gasteiger partial charge in [0.25, 0.3) is 0 Å². The predicted molar refractivity (Wildman–Crippen MR) is 153 cm³/mol. The topological polar surface area (TPSA) is 58.6 Å². The van der Waals surface area contributed by atoms with E-state index in [0.29, 0.717) is 29.5 Å². The zero-order chi connectivity index (χ0) is 26.8. The van der Waals surface area contributed by atoms with Crippen LogP contribution in [-0.2, 0) is 28.3 Å². The third-order valence-electron chi connectivity index (χ3n) is 5.64. The molecular formula is C30H35ClN2O3S. The number of amides is 2. The number of nitrogens with zero attached hydrogens (tertiary/aromatic N) is 1. The van der Waals surface area contributed by atoms with Crippen LogP contribution in [-0.4, -0.2) is 41.2 Å². The summed E-state index contributed by atoms with van der Waals surface area (Å²) in [6.45, 7) is 6.13. The van der Waals surface area contributed by atoms with Gasteiger partial charge in [-0.3, -0.25) is 9.59 Å². The summed E-state index contributed by atoms with van der Waals surface area (Å²) in [6, 6.07) is 24.4. The fourth-order valence-corrected chi connectivity index (χ4v) is 5.01. The molecule has 0 aliphatic rings. The molecule has 0 heterocycles. The lowest BCUT2D eigenvalue weighted by molar-refractivity contribution is -0.140. The van der Waals surface area contributed by atoms with E-state index in [1.807, 2.05) is 99.6 Å². The van der Waals surface area contributed by atoms with E-state index in [1.54, 1.807) is 12.0 Å². The summed E-state index contributed by atoms with van der Waals surface area (Å²) in [6.07, 6.45) is 0.414. The summed E-state index contributed by atoms with van der Waals surface area (Å²) in [5.74, 6) is 1.33. The number of carbonyl (C=O) groups excluding carboxylic acids is 2. The molecule has 37 heavy (non-hydrogen) atoms. The van der Waals surface area contributed by atoms with Crippen molar-refractivity contribution in [3.05, 3.63) is 101 Å². The maximum atomic E-state index is 13.7. The molecule has 0 saturated carbocycles. The number of thioether (sulfide) groups is 1. The van der Waals surface area contributed by atoms with Crippen LogP contribution >= 0.6 is 23.4 Å². The van der Waals surface area contributed by atoms with Gasteiger partial charge in [-0.1, -0.05) is 66.2 Å². The van der Waals surface area contributed by atoms with E-state index in [0.717, 1.165) is 16.7 Å². The van der Waals surface area contributed by atoms with E-state index in [2.05, 4.69) is 5.32 Å². The average molecular weight is 539 g/mol. The lowest BCUT2D eigenvalue weighted by Gasteiger charge is -2.34. The van der Waals surface area contributed by atoms with Crippen molar-refractivity contribution in [3.63, 3.8) is 0 Å². The van der Waals surface area contributed by atoms with Crippen LogP contribution < -0.4 is 10.1 Å². The van der Waals surface area contributed by atoms with Crippen molar-refractivity contribution in [3.8, 4) is 5.75 Å². The van der Waals surface area contributed by atoms with E-state index in [9.17, 15) is 9.59 Å². The molecule has 3 rings (SSSR count). The molecule has 1 unspecified atom stereocenters. The van der Waals surface area contributed by atoms with Crippen molar-refractivity contribution < 1.29 is 14.3 Å². The SMILES string of the molecule is COc1cccc(CN(C(=O)CSCc2cccc(Cl)c2)C(Cc2ccccc2)C(=O)NC(C)(C)C)c1. The molecule has 5 nitrogen and oxygen atoms in total. The Hall–Kier alpha value is -2.96. The molecule has 0 aliphatic carbocycles. The van der Waals surface area contributed by atoms with Gasteiger partial charge in [-0.25, -0.2) is 0 Å². The maximum absolute atomic E-state index is 13.7. The van der Waals surface area contributed by atoms with Crippen molar-refractivity contribution in [2.24, 2.45) is 0 Å².